The number of esters is 1. The van der Waals surface area contributed by atoms with Gasteiger partial charge in [0.1, 0.15) is 6.10 Å². The molecule has 0 aromatic rings. The van der Waals surface area contributed by atoms with Crippen LogP contribution in [0.15, 0.2) is 0 Å². The number of ether oxygens (including phenoxy) is 1. The first kappa shape index (κ1) is 12.5. The van der Waals surface area contributed by atoms with Crippen molar-refractivity contribution in [2.24, 2.45) is 5.41 Å². The molecule has 15 heavy (non-hydrogen) atoms. The topological polar surface area (TPSA) is 29.5 Å². The molecule has 1 aliphatic heterocycles. The van der Waals surface area contributed by atoms with Crippen LogP contribution in [-0.2, 0) is 9.53 Å². The first-order valence-corrected chi connectivity index (χ1v) is 5.93. The fourth-order valence-corrected chi connectivity index (χ4v) is 1.64. The van der Waals surface area contributed by atoms with Gasteiger partial charge in [0, 0.05) is 13.1 Å². The molecule has 0 saturated carbocycles. The minimum Gasteiger partial charge on any atom is -0.461 e. The van der Waals surface area contributed by atoms with E-state index in [0.29, 0.717) is 0 Å². The normalized spacial score (nSPS) is 23.1. The molecular formula is C12H23NO2. The van der Waals surface area contributed by atoms with Crippen molar-refractivity contribution in [1.82, 2.24) is 4.90 Å². The fraction of sp³-hybridized carbons (Fsp3) is 0.917. The van der Waals surface area contributed by atoms with E-state index >= 15 is 0 Å². The Morgan fingerprint density at radius 1 is 1.47 bits per heavy atom. The van der Waals surface area contributed by atoms with E-state index in [0.717, 1.165) is 32.5 Å². The van der Waals surface area contributed by atoms with E-state index in [9.17, 15) is 4.79 Å². The van der Waals surface area contributed by atoms with Gasteiger partial charge in [-0.05, 0) is 33.2 Å². The van der Waals surface area contributed by atoms with Gasteiger partial charge in [0.2, 0.25) is 0 Å². The Bertz CT molecular complexity index is 226. The molecule has 0 bridgehead atoms. The molecule has 0 N–H and O–H groups in total. The van der Waals surface area contributed by atoms with Gasteiger partial charge < -0.3 is 4.74 Å². The van der Waals surface area contributed by atoms with E-state index in [1.165, 1.54) is 0 Å². The molecule has 0 aromatic heterocycles. The van der Waals surface area contributed by atoms with Crippen molar-refractivity contribution >= 4 is 5.97 Å². The van der Waals surface area contributed by atoms with Gasteiger partial charge in [0.25, 0.3) is 0 Å². The zero-order valence-corrected chi connectivity index (χ0v) is 10.4. The van der Waals surface area contributed by atoms with Crippen LogP contribution in [0, 0.1) is 5.41 Å². The van der Waals surface area contributed by atoms with Crippen LogP contribution in [0.25, 0.3) is 0 Å². The van der Waals surface area contributed by atoms with E-state index in [2.05, 4.69) is 11.8 Å². The smallest absolute Gasteiger partial charge is 0.311 e. The number of likely N-dealkylation sites (tertiary alicyclic amines) is 1. The monoisotopic (exact) mass is 213 g/mol. The molecule has 88 valence electrons. The Kier molecular flexibility index (Phi) is 4.14. The summed E-state index contributed by atoms with van der Waals surface area (Å²) in [6.07, 6.45) is 1.93. The lowest BCUT2D eigenvalue weighted by Gasteiger charge is -2.23. The Morgan fingerprint density at radius 3 is 2.60 bits per heavy atom. The zero-order chi connectivity index (χ0) is 11.5. The van der Waals surface area contributed by atoms with Gasteiger partial charge in [0.15, 0.2) is 0 Å². The Morgan fingerprint density at radius 2 is 2.13 bits per heavy atom. The average molecular weight is 213 g/mol. The predicted octanol–water partition coefficient (Wildman–Crippen LogP) is 2.06. The summed E-state index contributed by atoms with van der Waals surface area (Å²) in [5.41, 5.74) is -0.334. The minimum atomic E-state index is -0.334. The molecule has 1 rings (SSSR count). The second-order valence-electron chi connectivity index (χ2n) is 4.95. The number of likely N-dealkylation sites (N-methyl/N-ethyl adjacent to an activating group) is 1. The standard InChI is InChI=1S/C12H23NO2/c1-5-12(3,4)11(14)15-10-7-8-13(6-2)9-10/h10H,5-9H2,1-4H3. The van der Waals surface area contributed by atoms with Gasteiger partial charge in [-0.15, -0.1) is 0 Å². The third kappa shape index (κ3) is 3.20. The number of carbonyl (C=O) groups is 1. The summed E-state index contributed by atoms with van der Waals surface area (Å²) >= 11 is 0. The van der Waals surface area contributed by atoms with Crippen molar-refractivity contribution in [3.63, 3.8) is 0 Å². The third-order valence-corrected chi connectivity index (χ3v) is 3.39. The van der Waals surface area contributed by atoms with Crippen LogP contribution >= 0.6 is 0 Å². The Balaban J connectivity index is 2.40. The second kappa shape index (κ2) is 4.97. The van der Waals surface area contributed by atoms with Crippen LogP contribution in [-0.4, -0.2) is 36.6 Å². The van der Waals surface area contributed by atoms with Crippen LogP contribution in [0.5, 0.6) is 0 Å². The van der Waals surface area contributed by atoms with Crippen LogP contribution < -0.4 is 0 Å². The van der Waals surface area contributed by atoms with Crippen LogP contribution in [0.1, 0.15) is 40.5 Å². The molecule has 0 aliphatic carbocycles. The van der Waals surface area contributed by atoms with Gasteiger partial charge in [0.05, 0.1) is 5.41 Å². The van der Waals surface area contributed by atoms with E-state index in [1.54, 1.807) is 0 Å². The van der Waals surface area contributed by atoms with Crippen LogP contribution in [0.2, 0.25) is 0 Å². The predicted molar refractivity (Wildman–Crippen MR) is 60.7 cm³/mol. The van der Waals surface area contributed by atoms with Gasteiger partial charge in [-0.2, -0.15) is 0 Å². The van der Waals surface area contributed by atoms with Gasteiger partial charge in [-0.25, -0.2) is 0 Å². The van der Waals surface area contributed by atoms with Gasteiger partial charge in [-0.1, -0.05) is 13.8 Å². The van der Waals surface area contributed by atoms with Crippen molar-refractivity contribution < 1.29 is 9.53 Å². The van der Waals surface area contributed by atoms with E-state index in [4.69, 9.17) is 4.74 Å². The van der Waals surface area contributed by atoms with E-state index in [-0.39, 0.29) is 17.5 Å². The summed E-state index contributed by atoms with van der Waals surface area (Å²) in [5, 5.41) is 0. The summed E-state index contributed by atoms with van der Waals surface area (Å²) in [6.45, 7) is 11.1. The summed E-state index contributed by atoms with van der Waals surface area (Å²) in [7, 11) is 0. The molecule has 3 heteroatoms. The first-order valence-electron chi connectivity index (χ1n) is 5.93. The van der Waals surface area contributed by atoms with E-state index in [1.807, 2.05) is 20.8 Å². The number of nitrogens with zero attached hydrogens (tertiary/aromatic N) is 1. The van der Waals surface area contributed by atoms with Crippen molar-refractivity contribution in [2.75, 3.05) is 19.6 Å². The third-order valence-electron chi connectivity index (χ3n) is 3.39. The highest BCUT2D eigenvalue weighted by molar-refractivity contribution is 5.76. The highest BCUT2D eigenvalue weighted by Gasteiger charge is 2.31. The maximum atomic E-state index is 11.8. The lowest BCUT2D eigenvalue weighted by molar-refractivity contribution is -0.159. The highest BCUT2D eigenvalue weighted by atomic mass is 16.5. The zero-order valence-electron chi connectivity index (χ0n) is 10.4. The Hall–Kier alpha value is -0.570. The van der Waals surface area contributed by atoms with Gasteiger partial charge >= 0.3 is 5.97 Å². The maximum Gasteiger partial charge on any atom is 0.311 e. The van der Waals surface area contributed by atoms with Crippen LogP contribution in [0.4, 0.5) is 0 Å². The molecule has 0 amide bonds. The Labute approximate surface area is 92.8 Å². The maximum absolute atomic E-state index is 11.8. The number of rotatable bonds is 4. The lowest BCUT2D eigenvalue weighted by Crippen LogP contribution is -2.31. The molecule has 0 radical (unpaired) electrons. The molecule has 0 aromatic carbocycles. The van der Waals surface area contributed by atoms with Crippen molar-refractivity contribution in [3.8, 4) is 0 Å². The number of hydrogen-bond donors (Lipinski definition) is 0. The SMILES string of the molecule is CCN1CCC(OC(=O)C(C)(C)CC)C1. The highest BCUT2D eigenvalue weighted by Crippen LogP contribution is 2.24. The summed E-state index contributed by atoms with van der Waals surface area (Å²) in [5.74, 6) is -0.0482. The molecule has 1 unspecified atom stereocenters. The lowest BCUT2D eigenvalue weighted by atomic mass is 9.90. The van der Waals surface area contributed by atoms with Crippen molar-refractivity contribution in [1.29, 1.82) is 0 Å². The van der Waals surface area contributed by atoms with Crippen molar-refractivity contribution in [3.05, 3.63) is 0 Å². The number of carbonyl (C=O) groups excluding carboxylic acids is 1. The first-order chi connectivity index (χ1) is 6.99. The summed E-state index contributed by atoms with van der Waals surface area (Å²) in [6, 6.07) is 0. The average Bonchev–Trinajstić information content (AvgIpc) is 2.65. The number of hydrogen-bond acceptors (Lipinski definition) is 3. The largest absolute Gasteiger partial charge is 0.461 e. The minimum absolute atomic E-state index is 0.0482. The molecule has 0 spiro atoms. The summed E-state index contributed by atoms with van der Waals surface area (Å²) in [4.78, 5) is 14.1. The summed E-state index contributed by atoms with van der Waals surface area (Å²) < 4.78 is 5.52. The molecule has 1 heterocycles. The molecule has 1 aliphatic rings. The molecule has 1 fully saturated rings. The fourth-order valence-electron chi connectivity index (χ4n) is 1.64. The molecule has 1 saturated heterocycles. The second-order valence-corrected chi connectivity index (χ2v) is 4.95. The van der Waals surface area contributed by atoms with Gasteiger partial charge in [-0.3, -0.25) is 9.69 Å². The molecule has 3 nitrogen and oxygen atoms in total. The molecule has 1 atom stereocenters. The quantitative estimate of drug-likeness (QED) is 0.669. The van der Waals surface area contributed by atoms with Crippen LogP contribution in [0.3, 0.4) is 0 Å². The molecular weight excluding hydrogens is 190 g/mol. The van der Waals surface area contributed by atoms with E-state index < -0.39 is 0 Å². The van der Waals surface area contributed by atoms with Crippen molar-refractivity contribution in [2.45, 2.75) is 46.6 Å².